The zero-order chi connectivity index (χ0) is 24.4. The molecule has 1 aromatic carbocycles. The number of imidazole rings is 1. The van der Waals surface area contributed by atoms with Gasteiger partial charge in [0.05, 0.1) is 0 Å². The first-order valence-electron chi connectivity index (χ1n) is 10.5. The molecule has 0 radical (unpaired) electrons. The molecule has 13 heteroatoms. The number of unbranched alkanes of at least 4 members (excludes halogenated alkanes) is 1. The number of nitrogens with one attached hydrogen (secondary N) is 1. The Balaban J connectivity index is 1.51. The normalized spacial score (nSPS) is 11.3. The van der Waals surface area contributed by atoms with Crippen molar-refractivity contribution in [2.45, 2.75) is 39.5 Å². The van der Waals surface area contributed by atoms with Crippen molar-refractivity contribution in [2.24, 2.45) is 7.05 Å². The number of hydrogen-bond acceptors (Lipinski definition) is 8. The van der Waals surface area contributed by atoms with Crippen LogP contribution in [0.4, 0.5) is 4.39 Å². The zero-order valence-corrected chi connectivity index (χ0v) is 18.4. The van der Waals surface area contributed by atoms with Gasteiger partial charge >= 0.3 is 17.4 Å². The molecule has 0 unspecified atom stereocenters. The largest absolute Gasteiger partial charge is 0.456 e. The van der Waals surface area contributed by atoms with Crippen molar-refractivity contribution >= 4 is 17.1 Å². The number of hydrogen-bond donors (Lipinski definition) is 1. The molecule has 0 saturated carbocycles. The molecule has 0 fully saturated rings. The molecule has 3 heterocycles. The Morgan fingerprint density at radius 2 is 1.94 bits per heavy atom. The molecule has 0 spiro atoms. The third-order valence-corrected chi connectivity index (χ3v) is 5.18. The van der Waals surface area contributed by atoms with E-state index in [-0.39, 0.29) is 29.5 Å². The van der Waals surface area contributed by atoms with E-state index in [1.165, 1.54) is 33.4 Å². The number of ether oxygens (including phenoxy) is 1. The minimum Gasteiger partial charge on any atom is -0.456 e. The number of aromatic nitrogens is 6. The number of aryl methyl sites for hydroxylation is 2. The first-order valence-corrected chi connectivity index (χ1v) is 10.5. The molecule has 0 amide bonds. The summed E-state index contributed by atoms with van der Waals surface area (Å²) < 4.78 is 26.9. The lowest BCUT2D eigenvalue weighted by Gasteiger charge is -2.05. The van der Waals surface area contributed by atoms with Crippen molar-refractivity contribution in [1.29, 1.82) is 0 Å². The van der Waals surface area contributed by atoms with Gasteiger partial charge in [0.2, 0.25) is 5.89 Å². The van der Waals surface area contributed by atoms with Crippen molar-refractivity contribution < 1.29 is 18.3 Å². The predicted molar refractivity (Wildman–Crippen MR) is 116 cm³/mol. The molecule has 0 atom stereocenters. The summed E-state index contributed by atoms with van der Waals surface area (Å²) in [5.74, 6) is -1.97. The first kappa shape index (κ1) is 22.9. The van der Waals surface area contributed by atoms with Gasteiger partial charge in [0.15, 0.2) is 11.2 Å². The van der Waals surface area contributed by atoms with Crippen molar-refractivity contribution in [3.63, 3.8) is 0 Å². The number of fused-ring (bicyclic) bond motifs is 1. The highest BCUT2D eigenvalue weighted by atomic mass is 19.1. The molecule has 4 aromatic rings. The van der Waals surface area contributed by atoms with Crippen LogP contribution in [0.1, 0.15) is 25.6 Å². The van der Waals surface area contributed by atoms with E-state index >= 15 is 0 Å². The van der Waals surface area contributed by atoms with Crippen LogP contribution < -0.4 is 17.0 Å². The molecular formula is C21H21FN6O6. The number of carbonyl (C=O) groups excluding carboxylic acids is 1. The molecule has 1 N–H and O–H groups in total. The predicted octanol–water partition coefficient (Wildman–Crippen LogP) is 0.923. The van der Waals surface area contributed by atoms with Gasteiger partial charge in [0, 0.05) is 19.2 Å². The number of esters is 1. The number of aromatic amines is 1. The van der Waals surface area contributed by atoms with Crippen LogP contribution in [0.5, 0.6) is 0 Å². The van der Waals surface area contributed by atoms with Gasteiger partial charge in [-0.25, -0.2) is 19.0 Å². The summed E-state index contributed by atoms with van der Waals surface area (Å²) in [6.07, 6.45) is 1.56. The Kier molecular flexibility index (Phi) is 6.25. The van der Waals surface area contributed by atoms with Crippen LogP contribution in [0.25, 0.3) is 22.6 Å². The SMILES string of the molecule is CCCCn1c(=O)[nH]c(=O)c2c1nc(COC(=O)Cn1nc(-c3ccc(F)cc3)oc1=O)n2C. The molecule has 178 valence electrons. The molecule has 12 nitrogen and oxygen atoms in total. The Bertz CT molecular complexity index is 1520. The van der Waals surface area contributed by atoms with Gasteiger partial charge in [-0.15, -0.1) is 5.10 Å². The summed E-state index contributed by atoms with van der Waals surface area (Å²) in [7, 11) is 1.57. The van der Waals surface area contributed by atoms with Crippen LogP contribution in [0.3, 0.4) is 0 Å². The maximum atomic E-state index is 13.1. The van der Waals surface area contributed by atoms with Crippen LogP contribution in [0.2, 0.25) is 0 Å². The second-order valence-electron chi connectivity index (χ2n) is 7.52. The van der Waals surface area contributed by atoms with Gasteiger partial charge in [-0.1, -0.05) is 13.3 Å². The van der Waals surface area contributed by atoms with Crippen molar-refractivity contribution in [3.05, 3.63) is 67.3 Å². The Hall–Kier alpha value is -4.29. The molecule has 4 rings (SSSR count). The summed E-state index contributed by atoms with van der Waals surface area (Å²) in [4.78, 5) is 55.4. The third kappa shape index (κ3) is 4.44. The maximum Gasteiger partial charge on any atom is 0.437 e. The highest BCUT2D eigenvalue weighted by molar-refractivity contribution is 5.71. The topological polar surface area (TPSA) is 147 Å². The highest BCUT2D eigenvalue weighted by Crippen LogP contribution is 2.16. The lowest BCUT2D eigenvalue weighted by atomic mass is 10.2. The van der Waals surface area contributed by atoms with Gasteiger partial charge in [-0.05, 0) is 30.7 Å². The number of rotatable bonds is 8. The van der Waals surface area contributed by atoms with E-state index in [2.05, 4.69) is 15.1 Å². The van der Waals surface area contributed by atoms with E-state index in [0.29, 0.717) is 18.5 Å². The smallest absolute Gasteiger partial charge is 0.437 e. The average Bonchev–Trinajstić information content (AvgIpc) is 3.32. The molecule has 0 aliphatic rings. The van der Waals surface area contributed by atoms with E-state index in [4.69, 9.17) is 9.15 Å². The second-order valence-corrected chi connectivity index (χ2v) is 7.52. The summed E-state index contributed by atoms with van der Waals surface area (Å²) >= 11 is 0. The monoisotopic (exact) mass is 472 g/mol. The molecule has 34 heavy (non-hydrogen) atoms. The van der Waals surface area contributed by atoms with Crippen LogP contribution in [0.15, 0.2) is 43.1 Å². The van der Waals surface area contributed by atoms with Crippen molar-refractivity contribution in [1.82, 2.24) is 28.9 Å². The first-order chi connectivity index (χ1) is 16.3. The molecule has 3 aromatic heterocycles. The summed E-state index contributed by atoms with van der Waals surface area (Å²) in [6.45, 7) is 1.52. The summed E-state index contributed by atoms with van der Waals surface area (Å²) in [6, 6.07) is 5.15. The summed E-state index contributed by atoms with van der Waals surface area (Å²) in [5, 5.41) is 3.93. The Labute approximate surface area is 190 Å². The highest BCUT2D eigenvalue weighted by Gasteiger charge is 2.19. The Morgan fingerprint density at radius 3 is 2.65 bits per heavy atom. The van der Waals surface area contributed by atoms with Crippen LogP contribution >= 0.6 is 0 Å². The lowest BCUT2D eigenvalue weighted by Crippen LogP contribution is -2.31. The number of nitrogens with zero attached hydrogens (tertiary/aromatic N) is 5. The van der Waals surface area contributed by atoms with Gasteiger partial charge < -0.3 is 13.7 Å². The lowest BCUT2D eigenvalue weighted by molar-refractivity contribution is -0.146. The van der Waals surface area contributed by atoms with E-state index in [9.17, 15) is 23.6 Å². The van der Waals surface area contributed by atoms with E-state index in [1.807, 2.05) is 6.92 Å². The van der Waals surface area contributed by atoms with Gasteiger partial charge in [0.1, 0.15) is 24.8 Å². The van der Waals surface area contributed by atoms with E-state index in [0.717, 1.165) is 11.1 Å². The number of H-pyrrole nitrogens is 1. The average molecular weight is 472 g/mol. The van der Waals surface area contributed by atoms with Gasteiger partial charge in [-0.2, -0.15) is 4.68 Å². The van der Waals surface area contributed by atoms with Gasteiger partial charge in [0.25, 0.3) is 5.56 Å². The maximum absolute atomic E-state index is 13.1. The third-order valence-electron chi connectivity index (χ3n) is 5.18. The molecule has 0 aliphatic heterocycles. The quantitative estimate of drug-likeness (QED) is 0.373. The van der Waals surface area contributed by atoms with E-state index in [1.54, 1.807) is 7.05 Å². The van der Waals surface area contributed by atoms with Crippen LogP contribution in [-0.2, 0) is 36.3 Å². The fourth-order valence-electron chi connectivity index (χ4n) is 3.37. The van der Waals surface area contributed by atoms with Crippen LogP contribution in [-0.4, -0.2) is 34.9 Å². The zero-order valence-electron chi connectivity index (χ0n) is 18.4. The second kappa shape index (κ2) is 9.29. The fraction of sp³-hybridized carbons (Fsp3) is 0.333. The molecule has 0 bridgehead atoms. The number of halogens is 1. The van der Waals surface area contributed by atoms with Crippen molar-refractivity contribution in [3.8, 4) is 11.5 Å². The molecular weight excluding hydrogens is 451 g/mol. The van der Waals surface area contributed by atoms with E-state index < -0.39 is 35.3 Å². The van der Waals surface area contributed by atoms with Crippen LogP contribution in [0, 0.1) is 5.82 Å². The minimum absolute atomic E-state index is 0.0718. The number of benzene rings is 1. The summed E-state index contributed by atoms with van der Waals surface area (Å²) in [5.41, 5.74) is -0.409. The molecule has 0 aliphatic carbocycles. The standard InChI is InChI=1S/C21H21FN6O6/c1-3-4-9-27-17-16(18(30)24-20(27)31)26(2)14(23-17)11-33-15(29)10-28-21(32)34-19(25-28)12-5-7-13(22)8-6-12/h5-8H,3-4,9-11H2,1-2H3,(H,24,30,31). The fourth-order valence-corrected chi connectivity index (χ4v) is 3.37. The van der Waals surface area contributed by atoms with Crippen molar-refractivity contribution in [2.75, 3.05) is 0 Å². The van der Waals surface area contributed by atoms with Gasteiger partial charge in [-0.3, -0.25) is 19.1 Å². The number of carbonyl (C=O) groups is 1. The minimum atomic E-state index is -0.884. The molecule has 0 saturated heterocycles. The Morgan fingerprint density at radius 1 is 1.21 bits per heavy atom.